The number of amides is 4. The van der Waals surface area contributed by atoms with Crippen molar-refractivity contribution in [1.82, 2.24) is 16.0 Å². The number of carbonyl (C=O) groups is 4. The highest BCUT2D eigenvalue weighted by molar-refractivity contribution is 9.10. The third-order valence-electron chi connectivity index (χ3n) is 7.14. The second kappa shape index (κ2) is 16.4. The second-order valence-electron chi connectivity index (χ2n) is 10.9. The number of nitrogens with one attached hydrogen (secondary N) is 3. The maximum absolute atomic E-state index is 13.5. The van der Waals surface area contributed by atoms with Crippen LogP contribution in [-0.4, -0.2) is 73.2 Å². The molecular formula is C29H39BrCl2N4O7. The van der Waals surface area contributed by atoms with E-state index in [0.29, 0.717) is 16.6 Å². The smallest absolute Gasteiger partial charge is 0.407 e. The van der Waals surface area contributed by atoms with Crippen LogP contribution >= 0.6 is 39.1 Å². The summed E-state index contributed by atoms with van der Waals surface area (Å²) in [6.07, 6.45) is -0.573. The minimum atomic E-state index is -1.15. The van der Waals surface area contributed by atoms with Gasteiger partial charge in [-0.2, -0.15) is 0 Å². The lowest BCUT2D eigenvalue weighted by molar-refractivity contribution is -0.126. The Labute approximate surface area is 270 Å². The Balaban J connectivity index is 2.04. The summed E-state index contributed by atoms with van der Waals surface area (Å²) in [6.45, 7) is 6.13. The van der Waals surface area contributed by atoms with Crippen LogP contribution < -0.4 is 26.4 Å². The van der Waals surface area contributed by atoms with Crippen molar-refractivity contribution in [1.29, 1.82) is 0 Å². The van der Waals surface area contributed by atoms with E-state index in [1.54, 1.807) is 0 Å². The molecule has 0 radical (unpaired) electrons. The topological polar surface area (TPSA) is 158 Å². The third kappa shape index (κ3) is 9.64. The van der Waals surface area contributed by atoms with Crippen LogP contribution in [0.1, 0.15) is 49.8 Å². The molecule has 5 N–H and O–H groups in total. The van der Waals surface area contributed by atoms with Gasteiger partial charge < -0.3 is 35.9 Å². The third-order valence-corrected chi connectivity index (χ3v) is 8.10. The first-order valence-electron chi connectivity index (χ1n) is 14.2. The molecule has 2 aliphatic rings. The fourth-order valence-corrected chi connectivity index (χ4v) is 6.08. The van der Waals surface area contributed by atoms with Crippen LogP contribution in [0.5, 0.6) is 5.75 Å². The molecule has 0 aromatic heterocycles. The fourth-order valence-electron chi connectivity index (χ4n) is 5.22. The maximum Gasteiger partial charge on any atom is 0.407 e. The number of rotatable bonds is 13. The van der Waals surface area contributed by atoms with Gasteiger partial charge in [0.05, 0.1) is 4.47 Å². The summed E-state index contributed by atoms with van der Waals surface area (Å²) in [4.78, 5) is 51.0. The quantitative estimate of drug-likeness (QED) is 0.226. The van der Waals surface area contributed by atoms with Crippen LogP contribution in [0, 0.1) is 12.8 Å². The van der Waals surface area contributed by atoms with Crippen LogP contribution in [0.25, 0.3) is 0 Å². The number of ether oxygens (including phenoxy) is 3. The predicted molar refractivity (Wildman–Crippen MR) is 167 cm³/mol. The first-order valence-corrected chi connectivity index (χ1v) is 16.1. The van der Waals surface area contributed by atoms with Gasteiger partial charge in [-0.25, -0.2) is 9.59 Å². The number of nitrogens with two attached hydrogens (primary N) is 1. The summed E-state index contributed by atoms with van der Waals surface area (Å²) in [5.41, 5.74) is 9.06. The molecule has 11 nitrogen and oxygen atoms in total. The lowest BCUT2D eigenvalue weighted by atomic mass is 9.90. The molecule has 0 unspecified atom stereocenters. The van der Waals surface area contributed by atoms with Crippen molar-refractivity contribution in [2.75, 3.05) is 24.8 Å². The summed E-state index contributed by atoms with van der Waals surface area (Å²) < 4.78 is 18.7. The molecule has 1 aromatic carbocycles. The molecule has 0 aliphatic heterocycles. The number of benzene rings is 1. The highest BCUT2D eigenvalue weighted by atomic mass is 79.9. The van der Waals surface area contributed by atoms with E-state index in [4.69, 9.17) is 43.1 Å². The summed E-state index contributed by atoms with van der Waals surface area (Å²) in [5, 5.41) is 7.76. The molecule has 2 aliphatic carbocycles. The standard InChI is InChI=1S/C29H39BrCl2N4O7/c1-15(2)11-21(26(33)37)36-27(38)17-13-22(41-24-19-6-4-5-18(19)16(3)12-20(24)30)25(43-29(40)35-10-8-32)23(14-17)42-28(39)34-9-7-31/h12-13,15,21-23,25H,4-11,14H2,1-3H3,(H2,33,37)(H,34,39)(H,35,40)(H,36,38)/t21-,22-,23-,25+/m1/s1. The van der Waals surface area contributed by atoms with E-state index in [-0.39, 0.29) is 42.8 Å². The number of fused-ring (bicyclic) bond motifs is 1. The first-order chi connectivity index (χ1) is 20.4. The van der Waals surface area contributed by atoms with Gasteiger partial charge in [0.1, 0.15) is 17.9 Å². The molecule has 0 heterocycles. The van der Waals surface area contributed by atoms with Crippen molar-refractivity contribution in [2.24, 2.45) is 11.7 Å². The van der Waals surface area contributed by atoms with E-state index >= 15 is 0 Å². The van der Waals surface area contributed by atoms with E-state index in [2.05, 4.69) is 31.9 Å². The number of carbonyl (C=O) groups excluding carboxylic acids is 4. The lowest BCUT2D eigenvalue weighted by Gasteiger charge is -2.36. The van der Waals surface area contributed by atoms with Gasteiger partial charge in [0.15, 0.2) is 12.2 Å². The molecular weight excluding hydrogens is 667 g/mol. The molecule has 0 fully saturated rings. The largest absolute Gasteiger partial charge is 0.481 e. The Morgan fingerprint density at radius 3 is 2.28 bits per heavy atom. The average Bonchev–Trinajstić information content (AvgIpc) is 3.44. The van der Waals surface area contributed by atoms with Gasteiger partial charge in [-0.1, -0.05) is 13.8 Å². The van der Waals surface area contributed by atoms with E-state index in [1.165, 1.54) is 11.6 Å². The van der Waals surface area contributed by atoms with Gasteiger partial charge in [0, 0.05) is 36.8 Å². The Morgan fingerprint density at radius 2 is 1.67 bits per heavy atom. The van der Waals surface area contributed by atoms with Gasteiger partial charge in [-0.05, 0) is 83.3 Å². The zero-order valence-corrected chi connectivity index (χ0v) is 27.6. The fraction of sp³-hybridized carbons (Fsp3) is 0.586. The Hall–Kier alpha value is -2.70. The average molecular weight is 706 g/mol. The molecule has 43 heavy (non-hydrogen) atoms. The molecule has 4 atom stereocenters. The lowest BCUT2D eigenvalue weighted by Crippen LogP contribution is -2.52. The van der Waals surface area contributed by atoms with Crippen molar-refractivity contribution in [3.8, 4) is 5.75 Å². The zero-order valence-electron chi connectivity index (χ0n) is 24.5. The van der Waals surface area contributed by atoms with Crippen LogP contribution in [0.15, 0.2) is 22.2 Å². The van der Waals surface area contributed by atoms with Crippen LogP contribution in [0.3, 0.4) is 0 Å². The van der Waals surface area contributed by atoms with E-state index in [9.17, 15) is 19.2 Å². The van der Waals surface area contributed by atoms with Gasteiger partial charge in [0.2, 0.25) is 11.8 Å². The summed E-state index contributed by atoms with van der Waals surface area (Å²) >= 11 is 15.1. The SMILES string of the molecule is Cc1cc(Br)c(O[C@@H]2C=C(C(=O)N[C@H](CC(C)C)C(N)=O)C[C@@H](OC(=O)NCCCl)[C@H]2OC(=O)NCCCl)c2c1CCC2. The normalized spacial score (nSPS) is 20.0. The van der Waals surface area contributed by atoms with E-state index < -0.39 is 48.4 Å². The van der Waals surface area contributed by atoms with E-state index in [1.807, 2.05) is 26.8 Å². The minimum Gasteiger partial charge on any atom is -0.481 e. The number of hydrogen-bond acceptors (Lipinski definition) is 7. The molecule has 14 heteroatoms. The Morgan fingerprint density at radius 1 is 1.05 bits per heavy atom. The van der Waals surface area contributed by atoms with Gasteiger partial charge in [0.25, 0.3) is 0 Å². The number of hydrogen-bond donors (Lipinski definition) is 4. The van der Waals surface area contributed by atoms with Crippen LogP contribution in [-0.2, 0) is 31.9 Å². The summed E-state index contributed by atoms with van der Waals surface area (Å²) in [6, 6.07) is 1.04. The predicted octanol–water partition coefficient (Wildman–Crippen LogP) is 4.01. The van der Waals surface area contributed by atoms with Gasteiger partial charge in [-0.3, -0.25) is 9.59 Å². The second-order valence-corrected chi connectivity index (χ2v) is 12.5. The zero-order chi connectivity index (χ0) is 31.7. The van der Waals surface area contributed by atoms with Crippen molar-refractivity contribution in [3.63, 3.8) is 0 Å². The number of alkyl carbamates (subject to hydrolysis) is 2. The maximum atomic E-state index is 13.5. The molecule has 0 saturated carbocycles. The minimum absolute atomic E-state index is 0.0844. The number of halogens is 3. The Kier molecular flexibility index (Phi) is 13.3. The summed E-state index contributed by atoms with van der Waals surface area (Å²) in [5.74, 6) is -0.305. The van der Waals surface area contributed by atoms with Crippen LogP contribution in [0.2, 0.25) is 0 Å². The summed E-state index contributed by atoms with van der Waals surface area (Å²) in [7, 11) is 0. The van der Waals surface area contributed by atoms with Crippen LogP contribution in [0.4, 0.5) is 9.59 Å². The van der Waals surface area contributed by atoms with Crippen molar-refractivity contribution < 1.29 is 33.4 Å². The van der Waals surface area contributed by atoms with Crippen molar-refractivity contribution in [3.05, 3.63) is 38.9 Å². The molecule has 0 saturated heterocycles. The van der Waals surface area contributed by atoms with Gasteiger partial charge in [-0.15, -0.1) is 23.2 Å². The molecule has 238 valence electrons. The molecule has 3 rings (SSSR count). The molecule has 4 amide bonds. The monoisotopic (exact) mass is 704 g/mol. The van der Waals surface area contributed by atoms with Crippen molar-refractivity contribution in [2.45, 2.75) is 77.2 Å². The highest BCUT2D eigenvalue weighted by Gasteiger charge is 2.43. The molecule has 0 spiro atoms. The molecule has 0 bridgehead atoms. The first kappa shape index (κ1) is 34.8. The number of primary amides is 1. The van der Waals surface area contributed by atoms with Gasteiger partial charge >= 0.3 is 12.2 Å². The highest BCUT2D eigenvalue weighted by Crippen LogP contribution is 2.41. The number of aryl methyl sites for hydroxylation is 1. The number of alkyl halides is 2. The van der Waals surface area contributed by atoms with Crippen molar-refractivity contribution >= 4 is 63.1 Å². The van der Waals surface area contributed by atoms with E-state index in [0.717, 1.165) is 30.4 Å². The Bertz CT molecular complexity index is 1230. The molecule has 1 aromatic rings.